The van der Waals surface area contributed by atoms with Gasteiger partial charge in [0.2, 0.25) is 0 Å². The molecule has 0 aromatic carbocycles. The van der Waals surface area contributed by atoms with E-state index in [0.717, 1.165) is 17.9 Å². The van der Waals surface area contributed by atoms with Gasteiger partial charge >= 0.3 is 0 Å². The quantitative estimate of drug-likeness (QED) is 0.592. The van der Waals surface area contributed by atoms with Gasteiger partial charge in [0.25, 0.3) is 0 Å². The zero-order valence-electron chi connectivity index (χ0n) is 12.6. The zero-order valence-corrected chi connectivity index (χ0v) is 13.4. The molecule has 0 aromatic heterocycles. The number of rotatable bonds is 7. The van der Waals surface area contributed by atoms with E-state index in [1.807, 2.05) is 18.7 Å². The molecule has 0 bridgehead atoms. The summed E-state index contributed by atoms with van der Waals surface area (Å²) in [4.78, 5) is 5.16. The Balaban J connectivity index is 2.57. The minimum Gasteiger partial charge on any atom is -0.299 e. The minimum atomic E-state index is 1.09. The summed E-state index contributed by atoms with van der Waals surface area (Å²) in [6, 6.07) is 0. The van der Waals surface area contributed by atoms with E-state index >= 15 is 0 Å². The highest BCUT2D eigenvalue weighted by atomic mass is 32.2. The fourth-order valence-corrected chi connectivity index (χ4v) is 3.14. The second kappa shape index (κ2) is 9.22. The van der Waals surface area contributed by atoms with Crippen LogP contribution in [-0.4, -0.2) is 24.5 Å². The summed E-state index contributed by atoms with van der Waals surface area (Å²) in [5.41, 5.74) is 1.26. The molecule has 0 amide bonds. The highest BCUT2D eigenvalue weighted by Crippen LogP contribution is 2.30. The van der Waals surface area contributed by atoms with E-state index in [-0.39, 0.29) is 0 Å². The Morgan fingerprint density at radius 1 is 1.32 bits per heavy atom. The molecule has 1 saturated heterocycles. The van der Waals surface area contributed by atoms with Gasteiger partial charge in [0.05, 0.1) is 0 Å². The van der Waals surface area contributed by atoms with Crippen LogP contribution in [0.3, 0.4) is 0 Å². The second-order valence-corrected chi connectivity index (χ2v) is 6.18. The molecule has 1 heterocycles. The Hall–Kier alpha value is -0.730. The lowest BCUT2D eigenvalue weighted by Gasteiger charge is -2.18. The van der Waals surface area contributed by atoms with Gasteiger partial charge in [-0.15, -0.1) is 0 Å². The summed E-state index contributed by atoms with van der Waals surface area (Å²) >= 11 is 1.84. The van der Waals surface area contributed by atoms with Gasteiger partial charge < -0.3 is 0 Å². The molecular formula is C17H27NS. The van der Waals surface area contributed by atoms with Gasteiger partial charge in [0.1, 0.15) is 0 Å². The first-order valence-electron chi connectivity index (χ1n) is 7.25. The van der Waals surface area contributed by atoms with Crippen molar-refractivity contribution in [3.8, 4) is 0 Å². The van der Waals surface area contributed by atoms with Crippen LogP contribution >= 0.6 is 11.8 Å². The smallest absolute Gasteiger partial charge is 0.0293 e. The lowest BCUT2D eigenvalue weighted by atomic mass is 10.3. The largest absolute Gasteiger partial charge is 0.299 e. The van der Waals surface area contributed by atoms with Crippen LogP contribution in [-0.2, 0) is 0 Å². The monoisotopic (exact) mass is 277 g/mol. The first-order chi connectivity index (χ1) is 9.17. The van der Waals surface area contributed by atoms with Crippen LogP contribution in [0.2, 0.25) is 0 Å². The highest BCUT2D eigenvalue weighted by molar-refractivity contribution is 8.07. The maximum atomic E-state index is 4.21. The van der Waals surface area contributed by atoms with E-state index in [1.165, 1.54) is 36.4 Å². The van der Waals surface area contributed by atoms with Gasteiger partial charge in [-0.3, -0.25) is 4.90 Å². The molecule has 0 radical (unpaired) electrons. The molecule has 106 valence electrons. The topological polar surface area (TPSA) is 3.24 Å². The molecule has 0 N–H and O–H groups in total. The average Bonchev–Trinajstić information content (AvgIpc) is 2.88. The predicted molar refractivity (Wildman–Crippen MR) is 89.4 cm³/mol. The first-order valence-corrected chi connectivity index (χ1v) is 8.07. The maximum Gasteiger partial charge on any atom is 0.0293 e. The number of nitrogens with zero attached hydrogens (tertiary/aromatic N) is 1. The predicted octanol–water partition coefficient (Wildman–Crippen LogP) is 5.15. The van der Waals surface area contributed by atoms with Crippen molar-refractivity contribution < 1.29 is 0 Å². The molecule has 0 spiro atoms. The third kappa shape index (κ3) is 6.31. The number of thioether (sulfide) groups is 1. The van der Waals surface area contributed by atoms with Crippen molar-refractivity contribution in [3.05, 3.63) is 46.3 Å². The molecule has 1 nitrogen and oxygen atoms in total. The number of hydrogen-bond donors (Lipinski definition) is 0. The van der Waals surface area contributed by atoms with Crippen LogP contribution in [0.1, 0.15) is 40.0 Å². The lowest BCUT2D eigenvalue weighted by Crippen LogP contribution is -2.21. The van der Waals surface area contributed by atoms with Crippen molar-refractivity contribution in [2.45, 2.75) is 40.0 Å². The Labute approximate surface area is 123 Å². The standard InChI is InChI=1S/C17H27NS/c1-5-7-11-15(3)16(4)19-17(10-6-2)14-18-12-8-9-13-18/h5,7,10-11H,4,6,8-9,12-14H2,1-3H3. The van der Waals surface area contributed by atoms with Gasteiger partial charge in [-0.2, -0.15) is 0 Å². The van der Waals surface area contributed by atoms with Crippen molar-refractivity contribution in [1.29, 1.82) is 0 Å². The fraction of sp³-hybridized carbons (Fsp3) is 0.529. The van der Waals surface area contributed by atoms with E-state index in [4.69, 9.17) is 0 Å². The third-order valence-corrected chi connectivity index (χ3v) is 4.37. The molecule has 1 aliphatic heterocycles. The van der Waals surface area contributed by atoms with Gasteiger partial charge in [0.15, 0.2) is 0 Å². The SMILES string of the molecule is C=C(SC(=CCC)CN1CCCC1)C(C)=CC=CC. The minimum absolute atomic E-state index is 1.09. The Morgan fingerprint density at radius 2 is 2.00 bits per heavy atom. The van der Waals surface area contributed by atoms with E-state index in [0.29, 0.717) is 0 Å². The number of hydrogen-bond acceptors (Lipinski definition) is 2. The van der Waals surface area contributed by atoms with Gasteiger partial charge in [-0.1, -0.05) is 49.6 Å². The van der Waals surface area contributed by atoms with Crippen molar-refractivity contribution in [1.82, 2.24) is 4.90 Å². The van der Waals surface area contributed by atoms with E-state index in [9.17, 15) is 0 Å². The summed E-state index contributed by atoms with van der Waals surface area (Å²) in [6.45, 7) is 14.2. The van der Waals surface area contributed by atoms with Gasteiger partial charge in [0, 0.05) is 11.4 Å². The fourth-order valence-electron chi connectivity index (χ4n) is 2.10. The van der Waals surface area contributed by atoms with Crippen LogP contribution in [0.4, 0.5) is 0 Å². The van der Waals surface area contributed by atoms with Crippen LogP contribution in [0.5, 0.6) is 0 Å². The number of allylic oxidation sites excluding steroid dienone is 5. The summed E-state index contributed by atoms with van der Waals surface area (Å²) in [5, 5.41) is 0. The van der Waals surface area contributed by atoms with Crippen molar-refractivity contribution in [2.24, 2.45) is 0 Å². The molecule has 0 saturated carbocycles. The van der Waals surface area contributed by atoms with Crippen LogP contribution in [0.25, 0.3) is 0 Å². The van der Waals surface area contributed by atoms with Crippen molar-refractivity contribution >= 4 is 11.8 Å². The lowest BCUT2D eigenvalue weighted by molar-refractivity contribution is 0.374. The zero-order chi connectivity index (χ0) is 14.1. The van der Waals surface area contributed by atoms with E-state index in [1.54, 1.807) is 0 Å². The van der Waals surface area contributed by atoms with Crippen LogP contribution in [0, 0.1) is 0 Å². The Kier molecular flexibility index (Phi) is 7.92. The highest BCUT2D eigenvalue weighted by Gasteiger charge is 2.14. The molecule has 1 aliphatic rings. The van der Waals surface area contributed by atoms with Crippen LogP contribution < -0.4 is 0 Å². The van der Waals surface area contributed by atoms with E-state index in [2.05, 4.69) is 49.6 Å². The summed E-state index contributed by atoms with van der Waals surface area (Å²) in [6.07, 6.45) is 12.4. The molecule has 19 heavy (non-hydrogen) atoms. The van der Waals surface area contributed by atoms with Crippen LogP contribution in [0.15, 0.2) is 46.3 Å². The molecule has 0 unspecified atom stereocenters. The van der Waals surface area contributed by atoms with Crippen molar-refractivity contribution in [2.75, 3.05) is 19.6 Å². The molecule has 1 rings (SSSR count). The summed E-state index contributed by atoms with van der Waals surface area (Å²) in [5.74, 6) is 0. The normalized spacial score (nSPS) is 18.5. The summed E-state index contributed by atoms with van der Waals surface area (Å²) in [7, 11) is 0. The number of likely N-dealkylation sites (tertiary alicyclic amines) is 1. The third-order valence-electron chi connectivity index (χ3n) is 3.24. The average molecular weight is 277 g/mol. The summed E-state index contributed by atoms with van der Waals surface area (Å²) < 4.78 is 0. The molecule has 0 aromatic rings. The molecule has 1 fully saturated rings. The molecule has 2 heteroatoms. The van der Waals surface area contributed by atoms with Gasteiger partial charge in [-0.05, 0) is 56.7 Å². The first kappa shape index (κ1) is 16.3. The molecule has 0 atom stereocenters. The Morgan fingerprint density at radius 3 is 2.58 bits per heavy atom. The van der Waals surface area contributed by atoms with Gasteiger partial charge in [-0.25, -0.2) is 0 Å². The maximum absolute atomic E-state index is 4.21. The van der Waals surface area contributed by atoms with Crippen molar-refractivity contribution in [3.63, 3.8) is 0 Å². The Bertz CT molecular complexity index is 371. The van der Waals surface area contributed by atoms with E-state index < -0.39 is 0 Å². The molecule has 0 aliphatic carbocycles. The molecular weight excluding hydrogens is 250 g/mol. The second-order valence-electron chi connectivity index (χ2n) is 4.96.